The van der Waals surface area contributed by atoms with Crippen molar-refractivity contribution in [2.75, 3.05) is 18.4 Å². The summed E-state index contributed by atoms with van der Waals surface area (Å²) < 4.78 is 1.88. The molecule has 1 aromatic rings. The third kappa shape index (κ3) is 7.65. The fraction of sp³-hybridized carbons (Fsp3) is 0.800. The molecule has 0 radical (unpaired) electrons. The van der Waals surface area contributed by atoms with Crippen molar-refractivity contribution >= 4 is 17.6 Å². The van der Waals surface area contributed by atoms with Gasteiger partial charge in [-0.05, 0) is 39.5 Å². The molecule has 0 aromatic carbocycles. The molecule has 176 valence electrons. The summed E-state index contributed by atoms with van der Waals surface area (Å²) in [5, 5.41) is 7.80. The van der Waals surface area contributed by atoms with Gasteiger partial charge in [0.15, 0.2) is 0 Å². The zero-order valence-electron chi connectivity index (χ0n) is 20.9. The first kappa shape index (κ1) is 25.4. The molecule has 0 spiro atoms. The monoisotopic (exact) mass is 432 g/mol. The third-order valence-electron chi connectivity index (χ3n) is 6.09. The Morgan fingerprint density at radius 3 is 2.35 bits per heavy atom. The lowest BCUT2D eigenvalue weighted by atomic mass is 9.92. The van der Waals surface area contributed by atoms with Crippen LogP contribution in [0.1, 0.15) is 106 Å². The number of hydrogen-bond donors (Lipinski definition) is 1. The summed E-state index contributed by atoms with van der Waals surface area (Å²) in [6.07, 6.45) is 8.49. The van der Waals surface area contributed by atoms with Crippen LogP contribution in [0.2, 0.25) is 0 Å². The molecule has 6 heteroatoms. The molecule has 1 saturated carbocycles. The van der Waals surface area contributed by atoms with Crippen molar-refractivity contribution < 1.29 is 9.59 Å². The molecule has 0 bridgehead atoms. The maximum Gasteiger partial charge on any atom is 0.245 e. The Hall–Kier alpha value is -1.85. The van der Waals surface area contributed by atoms with Crippen molar-refractivity contribution in [3.05, 3.63) is 11.8 Å². The highest BCUT2D eigenvalue weighted by molar-refractivity contribution is 5.94. The predicted octanol–water partition coefficient (Wildman–Crippen LogP) is 5.47. The number of unbranched alkanes of at least 4 members (excludes halogenated alkanes) is 1. The Kier molecular flexibility index (Phi) is 8.73. The molecule has 0 saturated heterocycles. The van der Waals surface area contributed by atoms with Crippen molar-refractivity contribution in [3.63, 3.8) is 0 Å². The molecule has 1 aliphatic rings. The molecule has 1 aliphatic carbocycles. The number of anilines is 1. The number of nitrogens with one attached hydrogen (secondary N) is 1. The second kappa shape index (κ2) is 10.6. The van der Waals surface area contributed by atoms with Crippen molar-refractivity contribution in [1.29, 1.82) is 0 Å². The van der Waals surface area contributed by atoms with E-state index in [0.29, 0.717) is 24.7 Å². The van der Waals surface area contributed by atoms with Gasteiger partial charge < -0.3 is 10.2 Å². The predicted molar refractivity (Wildman–Crippen MR) is 127 cm³/mol. The molecule has 1 fully saturated rings. The number of aromatic nitrogens is 2. The van der Waals surface area contributed by atoms with Gasteiger partial charge in [0.05, 0.1) is 17.8 Å². The summed E-state index contributed by atoms with van der Waals surface area (Å²) in [5.41, 5.74) is 0.568. The molecule has 0 atom stereocenters. The lowest BCUT2D eigenvalue weighted by Gasteiger charge is -2.25. The van der Waals surface area contributed by atoms with E-state index in [1.165, 1.54) is 25.7 Å². The normalized spacial score (nSPS) is 15.3. The Balaban J connectivity index is 2.07. The van der Waals surface area contributed by atoms with E-state index in [-0.39, 0.29) is 29.3 Å². The first-order chi connectivity index (χ1) is 14.4. The van der Waals surface area contributed by atoms with E-state index in [4.69, 9.17) is 5.10 Å². The first-order valence-corrected chi connectivity index (χ1v) is 12.1. The quantitative estimate of drug-likeness (QED) is 0.562. The average Bonchev–Trinajstić information content (AvgIpc) is 3.32. The van der Waals surface area contributed by atoms with Gasteiger partial charge in [-0.3, -0.25) is 9.59 Å². The Bertz CT molecular complexity index is 734. The molecular weight excluding hydrogens is 388 g/mol. The van der Waals surface area contributed by atoms with Crippen LogP contribution < -0.4 is 5.32 Å². The molecule has 1 N–H and O–H groups in total. The van der Waals surface area contributed by atoms with E-state index in [1.807, 2.05) is 10.7 Å². The van der Waals surface area contributed by atoms with Gasteiger partial charge >= 0.3 is 0 Å². The van der Waals surface area contributed by atoms with E-state index >= 15 is 0 Å². The maximum atomic E-state index is 12.9. The molecule has 2 rings (SSSR count). The van der Waals surface area contributed by atoms with Crippen molar-refractivity contribution in [2.45, 2.75) is 111 Å². The minimum absolute atomic E-state index is 0.101. The van der Waals surface area contributed by atoms with Gasteiger partial charge in [0.2, 0.25) is 11.8 Å². The van der Waals surface area contributed by atoms with Crippen LogP contribution in [0.25, 0.3) is 0 Å². The SMILES string of the molecule is CCCCN(CC(=O)Nc1cc(C(C)(C)C)nn1C(C)(C)C)C(=O)CCC1CCCC1. The van der Waals surface area contributed by atoms with Crippen LogP contribution in [0, 0.1) is 5.92 Å². The summed E-state index contributed by atoms with van der Waals surface area (Å²) in [6, 6.07) is 1.96. The van der Waals surface area contributed by atoms with Gasteiger partial charge in [0.25, 0.3) is 0 Å². The average molecular weight is 433 g/mol. The second-order valence-corrected chi connectivity index (χ2v) is 11.2. The van der Waals surface area contributed by atoms with Gasteiger partial charge in [0.1, 0.15) is 5.82 Å². The first-order valence-electron chi connectivity index (χ1n) is 12.1. The summed E-state index contributed by atoms with van der Waals surface area (Å²) in [4.78, 5) is 27.6. The number of amides is 2. The highest BCUT2D eigenvalue weighted by Crippen LogP contribution is 2.29. The maximum absolute atomic E-state index is 12.9. The summed E-state index contributed by atoms with van der Waals surface area (Å²) in [7, 11) is 0. The lowest BCUT2D eigenvalue weighted by Crippen LogP contribution is -2.39. The van der Waals surface area contributed by atoms with Crippen LogP contribution in [0.15, 0.2) is 6.07 Å². The third-order valence-corrected chi connectivity index (χ3v) is 6.09. The molecule has 6 nitrogen and oxygen atoms in total. The van der Waals surface area contributed by atoms with Crippen molar-refractivity contribution in [1.82, 2.24) is 14.7 Å². The molecular formula is C25H44N4O2. The zero-order chi connectivity index (χ0) is 23.2. The molecule has 1 aromatic heterocycles. The fourth-order valence-corrected chi connectivity index (χ4v) is 4.13. The number of nitrogens with zero attached hydrogens (tertiary/aromatic N) is 3. The topological polar surface area (TPSA) is 67.2 Å². The van der Waals surface area contributed by atoms with E-state index in [2.05, 4.69) is 53.8 Å². The van der Waals surface area contributed by atoms with Crippen LogP contribution in [0.4, 0.5) is 5.82 Å². The van der Waals surface area contributed by atoms with Crippen LogP contribution >= 0.6 is 0 Å². The van der Waals surface area contributed by atoms with E-state index in [0.717, 1.165) is 25.0 Å². The van der Waals surface area contributed by atoms with E-state index in [1.54, 1.807) is 4.90 Å². The summed E-state index contributed by atoms with van der Waals surface area (Å²) in [6.45, 7) is 15.4. The number of carbonyl (C=O) groups excluding carboxylic acids is 2. The van der Waals surface area contributed by atoms with Crippen LogP contribution in [0.3, 0.4) is 0 Å². The molecule has 31 heavy (non-hydrogen) atoms. The van der Waals surface area contributed by atoms with Crippen LogP contribution in [-0.2, 0) is 20.5 Å². The van der Waals surface area contributed by atoms with Gasteiger partial charge in [-0.1, -0.05) is 59.8 Å². The molecule has 0 aliphatic heterocycles. The van der Waals surface area contributed by atoms with Crippen molar-refractivity contribution in [2.24, 2.45) is 5.92 Å². The Morgan fingerprint density at radius 1 is 1.16 bits per heavy atom. The van der Waals surface area contributed by atoms with Crippen LogP contribution in [0.5, 0.6) is 0 Å². The number of carbonyl (C=O) groups is 2. The zero-order valence-corrected chi connectivity index (χ0v) is 20.9. The van der Waals surface area contributed by atoms with Gasteiger partial charge in [-0.15, -0.1) is 0 Å². The highest BCUT2D eigenvalue weighted by atomic mass is 16.2. The number of hydrogen-bond acceptors (Lipinski definition) is 3. The van der Waals surface area contributed by atoms with Crippen LogP contribution in [-0.4, -0.2) is 39.6 Å². The molecule has 1 heterocycles. The highest BCUT2D eigenvalue weighted by Gasteiger charge is 2.27. The van der Waals surface area contributed by atoms with Gasteiger partial charge in [0, 0.05) is 24.4 Å². The van der Waals surface area contributed by atoms with Crippen molar-refractivity contribution in [3.8, 4) is 0 Å². The van der Waals surface area contributed by atoms with E-state index < -0.39 is 0 Å². The lowest BCUT2D eigenvalue weighted by molar-refractivity contribution is -0.135. The minimum Gasteiger partial charge on any atom is -0.333 e. The molecule has 0 unspecified atom stereocenters. The summed E-state index contributed by atoms with van der Waals surface area (Å²) in [5.74, 6) is 1.32. The van der Waals surface area contributed by atoms with E-state index in [9.17, 15) is 9.59 Å². The standard InChI is InChI=1S/C25H44N4O2/c1-8-9-16-28(23(31)15-14-19-12-10-11-13-19)18-22(30)26-21-17-20(24(2,3)4)27-29(21)25(5,6)7/h17,19H,8-16,18H2,1-7H3,(H,26,30). The Morgan fingerprint density at radius 2 is 1.81 bits per heavy atom. The van der Waals surface area contributed by atoms with Gasteiger partial charge in [-0.25, -0.2) is 4.68 Å². The fourth-order valence-electron chi connectivity index (χ4n) is 4.13. The smallest absolute Gasteiger partial charge is 0.245 e. The largest absolute Gasteiger partial charge is 0.333 e. The molecule has 2 amide bonds. The number of rotatable bonds is 9. The second-order valence-electron chi connectivity index (χ2n) is 11.2. The van der Waals surface area contributed by atoms with Gasteiger partial charge in [-0.2, -0.15) is 5.10 Å². The minimum atomic E-state index is -0.259. The Labute approximate surface area is 189 Å². The summed E-state index contributed by atoms with van der Waals surface area (Å²) >= 11 is 0.